The molecule has 0 aliphatic rings. The Kier molecular flexibility index (Phi) is 4.49. The van der Waals surface area contributed by atoms with E-state index in [4.69, 9.17) is 10.2 Å². The zero-order chi connectivity index (χ0) is 14.5. The van der Waals surface area contributed by atoms with Gasteiger partial charge in [0.2, 0.25) is 0 Å². The van der Waals surface area contributed by atoms with Crippen molar-refractivity contribution >= 4 is 39.2 Å². The molecule has 0 spiro atoms. The molecule has 2 aromatic rings. The SMILES string of the molecule is O=C(Nc1ccc2ncsc2c1)N[C@@H](CCO)C(=O)O. The molecule has 0 aliphatic carbocycles. The molecule has 4 N–H and O–H groups in total. The molecule has 2 amide bonds. The van der Waals surface area contributed by atoms with Crippen LogP contribution in [0.4, 0.5) is 10.5 Å². The normalized spacial score (nSPS) is 12.1. The van der Waals surface area contributed by atoms with Gasteiger partial charge in [-0.25, -0.2) is 14.6 Å². The summed E-state index contributed by atoms with van der Waals surface area (Å²) in [6.07, 6.45) is -0.0450. The number of nitrogens with zero attached hydrogens (tertiary/aromatic N) is 1. The minimum Gasteiger partial charge on any atom is -0.480 e. The molecule has 1 aromatic carbocycles. The summed E-state index contributed by atoms with van der Waals surface area (Å²) in [7, 11) is 0. The van der Waals surface area contributed by atoms with Gasteiger partial charge in [-0.1, -0.05) is 0 Å². The van der Waals surface area contributed by atoms with Gasteiger partial charge in [-0.15, -0.1) is 11.3 Å². The lowest BCUT2D eigenvalue weighted by atomic mass is 10.2. The van der Waals surface area contributed by atoms with E-state index in [1.165, 1.54) is 11.3 Å². The average Bonchev–Trinajstić information content (AvgIpc) is 2.85. The van der Waals surface area contributed by atoms with Crippen LogP contribution in [-0.4, -0.2) is 39.8 Å². The number of anilines is 1. The first-order valence-corrected chi connectivity index (χ1v) is 6.72. The molecule has 20 heavy (non-hydrogen) atoms. The third kappa shape index (κ3) is 3.43. The molecule has 106 valence electrons. The standard InChI is InChI=1S/C12H13N3O4S/c16-4-3-9(11(17)18)15-12(19)14-7-1-2-8-10(5-7)20-6-13-8/h1-2,5-6,9,16H,3-4H2,(H,17,18)(H2,14,15,19)/t9-/m0/s1. The highest BCUT2D eigenvalue weighted by Gasteiger charge is 2.19. The summed E-state index contributed by atoms with van der Waals surface area (Å²) in [6, 6.07) is 3.46. The van der Waals surface area contributed by atoms with E-state index in [2.05, 4.69) is 15.6 Å². The van der Waals surface area contributed by atoms with Gasteiger partial charge in [0.15, 0.2) is 0 Å². The van der Waals surface area contributed by atoms with Gasteiger partial charge in [-0.05, 0) is 18.2 Å². The van der Waals surface area contributed by atoms with Gasteiger partial charge in [0.1, 0.15) is 6.04 Å². The summed E-state index contributed by atoms with van der Waals surface area (Å²) in [5, 5.41) is 22.5. The van der Waals surface area contributed by atoms with Crippen molar-refractivity contribution in [2.45, 2.75) is 12.5 Å². The fraction of sp³-hybridized carbons (Fsp3) is 0.250. The number of carbonyl (C=O) groups is 2. The van der Waals surface area contributed by atoms with Crippen LogP contribution in [0.3, 0.4) is 0 Å². The number of benzene rings is 1. The number of aliphatic hydroxyl groups is 1. The van der Waals surface area contributed by atoms with Gasteiger partial charge in [0.25, 0.3) is 0 Å². The van der Waals surface area contributed by atoms with Crippen LogP contribution in [0.15, 0.2) is 23.7 Å². The summed E-state index contributed by atoms with van der Waals surface area (Å²) in [5.41, 5.74) is 3.09. The van der Waals surface area contributed by atoms with Gasteiger partial charge in [0.05, 0.1) is 15.7 Å². The van der Waals surface area contributed by atoms with Crippen LogP contribution < -0.4 is 10.6 Å². The number of rotatable bonds is 5. The van der Waals surface area contributed by atoms with Crippen molar-refractivity contribution in [3.05, 3.63) is 23.7 Å². The largest absolute Gasteiger partial charge is 0.480 e. The first-order chi connectivity index (χ1) is 9.60. The number of urea groups is 1. The van der Waals surface area contributed by atoms with Crippen LogP contribution in [0.25, 0.3) is 10.2 Å². The van der Waals surface area contributed by atoms with Gasteiger partial charge in [-0.3, -0.25) is 0 Å². The summed E-state index contributed by atoms with van der Waals surface area (Å²) < 4.78 is 0.924. The molecule has 1 heterocycles. The molecule has 0 aliphatic heterocycles. The highest BCUT2D eigenvalue weighted by Crippen LogP contribution is 2.21. The lowest BCUT2D eigenvalue weighted by molar-refractivity contribution is -0.139. The number of aliphatic carboxylic acids is 1. The summed E-state index contributed by atoms with van der Waals surface area (Å²) in [4.78, 5) is 26.7. The van der Waals surface area contributed by atoms with Gasteiger partial charge < -0.3 is 20.8 Å². The first kappa shape index (κ1) is 14.2. The second kappa shape index (κ2) is 6.31. The maximum atomic E-state index is 11.7. The number of thiazole rings is 1. The van der Waals surface area contributed by atoms with Crippen LogP contribution in [0, 0.1) is 0 Å². The highest BCUT2D eigenvalue weighted by molar-refractivity contribution is 7.16. The fourth-order valence-electron chi connectivity index (χ4n) is 1.64. The molecule has 0 fully saturated rings. The van der Waals surface area contributed by atoms with Crippen molar-refractivity contribution in [3.63, 3.8) is 0 Å². The van der Waals surface area contributed by atoms with Crippen LogP contribution in [0.5, 0.6) is 0 Å². The number of aromatic nitrogens is 1. The lowest BCUT2D eigenvalue weighted by Crippen LogP contribution is -2.43. The maximum Gasteiger partial charge on any atom is 0.326 e. The van der Waals surface area contributed by atoms with Gasteiger partial charge in [0, 0.05) is 18.7 Å². The Labute approximate surface area is 118 Å². The zero-order valence-electron chi connectivity index (χ0n) is 10.4. The molecule has 7 nitrogen and oxygen atoms in total. The van der Waals surface area contributed by atoms with Crippen molar-refractivity contribution in [1.82, 2.24) is 10.3 Å². The molecule has 0 radical (unpaired) electrons. The predicted molar refractivity (Wildman–Crippen MR) is 74.9 cm³/mol. The Morgan fingerprint density at radius 3 is 2.90 bits per heavy atom. The number of aliphatic hydroxyl groups excluding tert-OH is 1. The molecule has 1 aromatic heterocycles. The van der Waals surface area contributed by atoms with E-state index in [0.29, 0.717) is 5.69 Å². The maximum absolute atomic E-state index is 11.7. The molecule has 0 saturated carbocycles. The molecular weight excluding hydrogens is 282 g/mol. The first-order valence-electron chi connectivity index (χ1n) is 5.84. The van der Waals surface area contributed by atoms with Gasteiger partial charge >= 0.3 is 12.0 Å². The molecule has 0 saturated heterocycles. The van der Waals surface area contributed by atoms with Crippen molar-refractivity contribution in [2.75, 3.05) is 11.9 Å². The van der Waals surface area contributed by atoms with Crippen molar-refractivity contribution < 1.29 is 19.8 Å². The van der Waals surface area contributed by atoms with Gasteiger partial charge in [-0.2, -0.15) is 0 Å². The number of carboxylic acids is 1. The lowest BCUT2D eigenvalue weighted by Gasteiger charge is -2.14. The van der Waals surface area contributed by atoms with Crippen LogP contribution in [-0.2, 0) is 4.79 Å². The molecule has 2 rings (SSSR count). The monoisotopic (exact) mass is 295 g/mol. The molecule has 8 heteroatoms. The highest BCUT2D eigenvalue weighted by atomic mass is 32.1. The fourth-order valence-corrected chi connectivity index (χ4v) is 2.36. The number of carbonyl (C=O) groups excluding carboxylic acids is 1. The van der Waals surface area contributed by atoms with E-state index in [9.17, 15) is 9.59 Å². The van der Waals surface area contributed by atoms with E-state index >= 15 is 0 Å². The molecule has 0 bridgehead atoms. The predicted octanol–water partition coefficient (Wildman–Crippen LogP) is 1.25. The van der Waals surface area contributed by atoms with E-state index in [0.717, 1.165) is 10.2 Å². The van der Waals surface area contributed by atoms with Crippen molar-refractivity contribution in [2.24, 2.45) is 0 Å². The summed E-state index contributed by atoms with van der Waals surface area (Å²) in [6.45, 7) is -0.315. The van der Waals surface area contributed by atoms with Crippen LogP contribution in [0.1, 0.15) is 6.42 Å². The number of fused-ring (bicyclic) bond motifs is 1. The second-order valence-electron chi connectivity index (χ2n) is 4.04. The van der Waals surface area contributed by atoms with E-state index in [1.54, 1.807) is 23.7 Å². The smallest absolute Gasteiger partial charge is 0.326 e. The Bertz CT molecular complexity index is 628. The molecule has 1 atom stereocenters. The van der Waals surface area contributed by atoms with Crippen molar-refractivity contribution in [1.29, 1.82) is 0 Å². The summed E-state index contributed by atoms with van der Waals surface area (Å²) >= 11 is 1.45. The Morgan fingerprint density at radius 2 is 2.20 bits per heavy atom. The topological polar surface area (TPSA) is 112 Å². The van der Waals surface area contributed by atoms with E-state index < -0.39 is 18.0 Å². The number of amides is 2. The number of nitrogens with one attached hydrogen (secondary N) is 2. The van der Waals surface area contributed by atoms with Crippen LogP contribution in [0.2, 0.25) is 0 Å². The number of carboxylic acid groups (broad SMARTS) is 1. The van der Waals surface area contributed by atoms with Crippen LogP contribution >= 0.6 is 11.3 Å². The number of hydrogen-bond donors (Lipinski definition) is 4. The Hall–Kier alpha value is -2.19. The minimum atomic E-state index is -1.19. The second-order valence-corrected chi connectivity index (χ2v) is 4.92. The molecular formula is C12H13N3O4S. The minimum absolute atomic E-state index is 0.0450. The Balaban J connectivity index is 2.01. The number of hydrogen-bond acceptors (Lipinski definition) is 5. The quantitative estimate of drug-likeness (QED) is 0.663. The molecule has 0 unspecified atom stereocenters. The van der Waals surface area contributed by atoms with E-state index in [-0.39, 0.29) is 13.0 Å². The summed E-state index contributed by atoms with van der Waals surface area (Å²) in [5.74, 6) is -1.19. The van der Waals surface area contributed by atoms with E-state index in [1.807, 2.05) is 0 Å². The Morgan fingerprint density at radius 1 is 1.40 bits per heavy atom. The zero-order valence-corrected chi connectivity index (χ0v) is 11.2. The third-order valence-electron chi connectivity index (χ3n) is 2.61. The average molecular weight is 295 g/mol. The van der Waals surface area contributed by atoms with Crippen molar-refractivity contribution in [3.8, 4) is 0 Å². The third-order valence-corrected chi connectivity index (χ3v) is 3.40.